The Bertz CT molecular complexity index is 557. The van der Waals surface area contributed by atoms with E-state index in [-0.39, 0.29) is 0 Å². The lowest BCUT2D eigenvalue weighted by molar-refractivity contribution is -0.142. The standard InChI is InChI=1S/C12H11ClO2S/c1-12(2,11(14)15)10-6-7-5-8(13)3-4-9(7)16-10/h3-6H,1-2H3,(H,14,15). The normalized spacial score (nSPS) is 11.9. The van der Waals surface area contributed by atoms with Gasteiger partial charge in [0.2, 0.25) is 0 Å². The number of carboxylic acids is 1. The highest BCUT2D eigenvalue weighted by Gasteiger charge is 2.31. The van der Waals surface area contributed by atoms with E-state index in [2.05, 4.69) is 0 Å². The highest BCUT2D eigenvalue weighted by molar-refractivity contribution is 7.19. The van der Waals surface area contributed by atoms with Crippen LogP contribution in [0.4, 0.5) is 0 Å². The number of carbonyl (C=O) groups is 1. The van der Waals surface area contributed by atoms with Gasteiger partial charge >= 0.3 is 5.97 Å². The van der Waals surface area contributed by atoms with Gasteiger partial charge in [0.25, 0.3) is 0 Å². The van der Waals surface area contributed by atoms with Gasteiger partial charge in [0.1, 0.15) is 0 Å². The smallest absolute Gasteiger partial charge is 0.314 e. The Labute approximate surface area is 102 Å². The number of aliphatic carboxylic acids is 1. The molecule has 2 nitrogen and oxygen atoms in total. The Morgan fingerprint density at radius 3 is 2.69 bits per heavy atom. The minimum absolute atomic E-state index is 0.671. The van der Waals surface area contributed by atoms with Crippen molar-refractivity contribution >= 4 is 39.0 Å². The molecule has 0 spiro atoms. The molecule has 1 aromatic heterocycles. The van der Waals surface area contributed by atoms with E-state index in [0.29, 0.717) is 5.02 Å². The summed E-state index contributed by atoms with van der Waals surface area (Å²) < 4.78 is 1.06. The van der Waals surface area contributed by atoms with Gasteiger partial charge in [0.15, 0.2) is 0 Å². The minimum Gasteiger partial charge on any atom is -0.481 e. The van der Waals surface area contributed by atoms with Gasteiger partial charge in [0.05, 0.1) is 5.41 Å². The average Bonchev–Trinajstić information content (AvgIpc) is 2.60. The van der Waals surface area contributed by atoms with Gasteiger partial charge in [-0.2, -0.15) is 0 Å². The molecule has 2 rings (SSSR count). The minimum atomic E-state index is -0.851. The van der Waals surface area contributed by atoms with Gasteiger partial charge in [-0.15, -0.1) is 11.3 Å². The Hall–Kier alpha value is -1.06. The van der Waals surface area contributed by atoms with E-state index in [4.69, 9.17) is 16.7 Å². The van der Waals surface area contributed by atoms with Gasteiger partial charge in [-0.3, -0.25) is 4.79 Å². The second-order valence-electron chi connectivity index (χ2n) is 4.22. The van der Waals surface area contributed by atoms with Crippen LogP contribution in [0.2, 0.25) is 5.02 Å². The van der Waals surface area contributed by atoms with E-state index >= 15 is 0 Å². The molecule has 0 saturated heterocycles. The monoisotopic (exact) mass is 254 g/mol. The lowest BCUT2D eigenvalue weighted by Crippen LogP contribution is -2.27. The summed E-state index contributed by atoms with van der Waals surface area (Å²) in [6.45, 7) is 3.42. The number of rotatable bonds is 2. The SMILES string of the molecule is CC(C)(C(=O)O)c1cc2cc(Cl)ccc2s1. The van der Waals surface area contributed by atoms with Crippen molar-refractivity contribution in [3.8, 4) is 0 Å². The molecule has 0 unspecified atom stereocenters. The highest BCUT2D eigenvalue weighted by atomic mass is 35.5. The summed E-state index contributed by atoms with van der Waals surface area (Å²) in [6.07, 6.45) is 0. The van der Waals surface area contributed by atoms with Crippen LogP contribution < -0.4 is 0 Å². The van der Waals surface area contributed by atoms with Crippen molar-refractivity contribution in [2.45, 2.75) is 19.3 Å². The second-order valence-corrected chi connectivity index (χ2v) is 5.74. The fourth-order valence-corrected chi connectivity index (χ4v) is 2.75. The molecule has 0 saturated carbocycles. The molecule has 84 valence electrons. The summed E-state index contributed by atoms with van der Waals surface area (Å²) in [5, 5.41) is 10.8. The van der Waals surface area contributed by atoms with Gasteiger partial charge in [-0.25, -0.2) is 0 Å². The molecule has 4 heteroatoms. The number of carboxylic acid groups (broad SMARTS) is 1. The lowest BCUT2D eigenvalue weighted by Gasteiger charge is -2.16. The lowest BCUT2D eigenvalue weighted by atomic mass is 9.91. The first kappa shape index (κ1) is 11.4. The molecule has 0 fully saturated rings. The van der Waals surface area contributed by atoms with Crippen molar-refractivity contribution in [3.63, 3.8) is 0 Å². The summed E-state index contributed by atoms with van der Waals surface area (Å²) in [5.74, 6) is -0.815. The zero-order valence-corrected chi connectivity index (χ0v) is 10.5. The summed E-state index contributed by atoms with van der Waals surface area (Å²) in [4.78, 5) is 12.0. The predicted molar refractivity (Wildman–Crippen MR) is 67.5 cm³/mol. The first-order chi connectivity index (χ1) is 7.41. The zero-order chi connectivity index (χ0) is 11.9. The summed E-state index contributed by atoms with van der Waals surface area (Å²) in [6, 6.07) is 7.50. The van der Waals surface area contributed by atoms with Gasteiger partial charge in [0, 0.05) is 14.6 Å². The van der Waals surface area contributed by atoms with Crippen LogP contribution in [-0.4, -0.2) is 11.1 Å². The van der Waals surface area contributed by atoms with E-state index < -0.39 is 11.4 Å². The number of hydrogen-bond donors (Lipinski definition) is 1. The molecule has 0 atom stereocenters. The number of benzene rings is 1. The molecule has 1 aromatic carbocycles. The Morgan fingerprint density at radius 2 is 2.06 bits per heavy atom. The third kappa shape index (κ3) is 1.81. The fraction of sp³-hybridized carbons (Fsp3) is 0.250. The van der Waals surface area contributed by atoms with Crippen molar-refractivity contribution in [1.82, 2.24) is 0 Å². The summed E-state index contributed by atoms with van der Waals surface area (Å²) >= 11 is 7.39. The molecular weight excluding hydrogens is 244 g/mol. The number of thiophene rings is 1. The summed E-state index contributed by atoms with van der Waals surface area (Å²) in [7, 11) is 0. The van der Waals surface area contributed by atoms with Crippen LogP contribution >= 0.6 is 22.9 Å². The van der Waals surface area contributed by atoms with Crippen LogP contribution in [0, 0.1) is 0 Å². The van der Waals surface area contributed by atoms with Gasteiger partial charge in [-0.1, -0.05) is 11.6 Å². The molecule has 0 amide bonds. The molecule has 0 aliphatic heterocycles. The topological polar surface area (TPSA) is 37.3 Å². The molecule has 0 aliphatic carbocycles. The molecule has 1 N–H and O–H groups in total. The number of halogens is 1. The van der Waals surface area contributed by atoms with E-state index in [1.54, 1.807) is 13.8 Å². The maximum Gasteiger partial charge on any atom is 0.314 e. The maximum atomic E-state index is 11.1. The van der Waals surface area contributed by atoms with Crippen molar-refractivity contribution < 1.29 is 9.90 Å². The van der Waals surface area contributed by atoms with Crippen molar-refractivity contribution in [1.29, 1.82) is 0 Å². The molecular formula is C12H11ClO2S. The van der Waals surface area contributed by atoms with Crippen LogP contribution in [0.5, 0.6) is 0 Å². The van der Waals surface area contributed by atoms with Crippen LogP contribution in [0.1, 0.15) is 18.7 Å². The number of hydrogen-bond acceptors (Lipinski definition) is 2. The third-order valence-electron chi connectivity index (χ3n) is 2.63. The summed E-state index contributed by atoms with van der Waals surface area (Å²) in [5.41, 5.74) is -0.851. The fourth-order valence-electron chi connectivity index (χ4n) is 1.43. The zero-order valence-electron chi connectivity index (χ0n) is 8.95. The van der Waals surface area contributed by atoms with E-state index in [9.17, 15) is 4.79 Å². The Balaban J connectivity index is 2.59. The predicted octanol–water partition coefficient (Wildman–Crippen LogP) is 3.92. The highest BCUT2D eigenvalue weighted by Crippen LogP contribution is 2.35. The third-order valence-corrected chi connectivity index (χ3v) is 4.30. The number of fused-ring (bicyclic) bond motifs is 1. The molecule has 0 bridgehead atoms. The molecule has 16 heavy (non-hydrogen) atoms. The Morgan fingerprint density at radius 1 is 1.38 bits per heavy atom. The van der Waals surface area contributed by atoms with Crippen LogP contribution in [0.25, 0.3) is 10.1 Å². The van der Waals surface area contributed by atoms with Crippen molar-refractivity contribution in [2.24, 2.45) is 0 Å². The Kier molecular flexibility index (Phi) is 2.68. The quantitative estimate of drug-likeness (QED) is 0.882. The van der Waals surface area contributed by atoms with Crippen LogP contribution in [0.3, 0.4) is 0 Å². The van der Waals surface area contributed by atoms with E-state index in [1.807, 2.05) is 24.3 Å². The molecule has 1 heterocycles. The van der Waals surface area contributed by atoms with Gasteiger partial charge < -0.3 is 5.11 Å². The largest absolute Gasteiger partial charge is 0.481 e. The first-order valence-electron chi connectivity index (χ1n) is 4.84. The molecule has 2 aromatic rings. The molecule has 0 aliphatic rings. The van der Waals surface area contributed by atoms with E-state index in [1.165, 1.54) is 11.3 Å². The second kappa shape index (κ2) is 3.75. The van der Waals surface area contributed by atoms with Crippen LogP contribution in [-0.2, 0) is 10.2 Å². The van der Waals surface area contributed by atoms with Crippen molar-refractivity contribution in [3.05, 3.63) is 34.2 Å². The maximum absolute atomic E-state index is 11.1. The van der Waals surface area contributed by atoms with Gasteiger partial charge in [-0.05, 0) is 43.5 Å². The molecule has 0 radical (unpaired) electrons. The average molecular weight is 255 g/mol. The van der Waals surface area contributed by atoms with E-state index in [0.717, 1.165) is 15.0 Å². The first-order valence-corrected chi connectivity index (χ1v) is 6.03. The van der Waals surface area contributed by atoms with Crippen molar-refractivity contribution in [2.75, 3.05) is 0 Å². The van der Waals surface area contributed by atoms with Crippen LogP contribution in [0.15, 0.2) is 24.3 Å².